The fraction of sp³-hybridized carbons (Fsp3) is 0.600. The lowest BCUT2D eigenvalue weighted by Gasteiger charge is -2.10. The van der Waals surface area contributed by atoms with Crippen LogP contribution in [0, 0.1) is 0 Å². The van der Waals surface area contributed by atoms with Crippen molar-refractivity contribution in [3.63, 3.8) is 0 Å². The number of benzene rings is 1. The van der Waals surface area contributed by atoms with Crippen LogP contribution < -0.4 is 0 Å². The van der Waals surface area contributed by atoms with Gasteiger partial charge in [-0.3, -0.25) is 0 Å². The molecule has 0 aliphatic heterocycles. The zero-order valence-electron chi connectivity index (χ0n) is 13.8. The topological polar surface area (TPSA) is 0 Å². The first-order valence-corrected chi connectivity index (χ1v) is 8.59. The molecule has 1 rings (SSSR count). The van der Waals surface area contributed by atoms with Gasteiger partial charge in [0.2, 0.25) is 0 Å². The molecule has 0 N–H and O–H groups in total. The van der Waals surface area contributed by atoms with E-state index in [1.165, 1.54) is 68.9 Å². The van der Waals surface area contributed by atoms with Gasteiger partial charge < -0.3 is 0 Å². The molecule has 0 spiro atoms. The third-order valence-electron chi connectivity index (χ3n) is 3.92. The molecule has 0 bridgehead atoms. The Morgan fingerprint density at radius 2 is 1.45 bits per heavy atom. The predicted octanol–water partition coefficient (Wildman–Crippen LogP) is 6.79. The first-order valence-electron chi connectivity index (χ1n) is 8.59. The minimum Gasteiger partial charge on any atom is -0.0696 e. The third kappa shape index (κ3) is 6.41. The first-order chi connectivity index (χ1) is 9.81. The molecule has 0 aliphatic rings. The Bertz CT molecular complexity index is 377. The van der Waals surface area contributed by atoms with Crippen LogP contribution in [0.3, 0.4) is 0 Å². The van der Waals surface area contributed by atoms with E-state index in [-0.39, 0.29) is 0 Å². The number of rotatable bonds is 10. The molecule has 112 valence electrons. The van der Waals surface area contributed by atoms with E-state index in [0.717, 1.165) is 0 Å². The second-order valence-electron chi connectivity index (χ2n) is 5.81. The summed E-state index contributed by atoms with van der Waals surface area (Å²) >= 11 is 0. The van der Waals surface area contributed by atoms with Gasteiger partial charge in [-0.2, -0.15) is 0 Å². The number of hydrogen-bond acceptors (Lipinski definition) is 0. The summed E-state index contributed by atoms with van der Waals surface area (Å²) in [5.41, 5.74) is 4.64. The van der Waals surface area contributed by atoms with E-state index < -0.39 is 0 Å². The Labute approximate surface area is 126 Å². The lowest BCUT2D eigenvalue weighted by Crippen LogP contribution is -1.91. The Hall–Kier alpha value is -1.04. The van der Waals surface area contributed by atoms with Gasteiger partial charge in [-0.15, -0.1) is 0 Å². The van der Waals surface area contributed by atoms with Crippen LogP contribution in [-0.4, -0.2) is 0 Å². The molecule has 0 heterocycles. The first kappa shape index (κ1) is 17.0. The molecular weight excluding hydrogens is 240 g/mol. The van der Waals surface area contributed by atoms with Gasteiger partial charge in [0.15, 0.2) is 0 Å². The van der Waals surface area contributed by atoms with Crippen molar-refractivity contribution < 1.29 is 0 Å². The van der Waals surface area contributed by atoms with Crippen molar-refractivity contribution in [1.29, 1.82) is 0 Å². The van der Waals surface area contributed by atoms with Crippen molar-refractivity contribution in [3.8, 4) is 0 Å². The average Bonchev–Trinajstić information content (AvgIpc) is 2.49. The van der Waals surface area contributed by atoms with E-state index in [0.29, 0.717) is 0 Å². The van der Waals surface area contributed by atoms with Gasteiger partial charge in [-0.05, 0) is 49.7 Å². The molecule has 0 radical (unpaired) electrons. The lowest BCUT2D eigenvalue weighted by atomic mass is 9.96. The molecule has 0 aliphatic carbocycles. The van der Waals surface area contributed by atoms with E-state index >= 15 is 0 Å². The highest BCUT2D eigenvalue weighted by molar-refractivity contribution is 5.56. The zero-order chi connectivity index (χ0) is 14.6. The highest BCUT2D eigenvalue weighted by Gasteiger charge is 2.02. The van der Waals surface area contributed by atoms with E-state index in [1.807, 2.05) is 0 Å². The van der Waals surface area contributed by atoms with Crippen LogP contribution in [0.1, 0.15) is 83.3 Å². The van der Waals surface area contributed by atoms with Crippen molar-refractivity contribution >= 4 is 6.08 Å². The van der Waals surface area contributed by atoms with Crippen molar-refractivity contribution in [2.75, 3.05) is 0 Å². The minimum absolute atomic E-state index is 1.22. The molecule has 20 heavy (non-hydrogen) atoms. The van der Waals surface area contributed by atoms with Gasteiger partial charge >= 0.3 is 0 Å². The summed E-state index contributed by atoms with van der Waals surface area (Å²) in [5.74, 6) is 0. The molecule has 1 aromatic rings. The van der Waals surface area contributed by atoms with Crippen LogP contribution in [0.4, 0.5) is 0 Å². The van der Waals surface area contributed by atoms with Crippen LogP contribution in [-0.2, 0) is 6.42 Å². The molecule has 0 amide bonds. The van der Waals surface area contributed by atoms with Crippen molar-refractivity contribution in [2.45, 2.75) is 78.6 Å². The van der Waals surface area contributed by atoms with Crippen molar-refractivity contribution in [1.82, 2.24) is 0 Å². The maximum Gasteiger partial charge on any atom is -0.0225 e. The number of hydrogen-bond donors (Lipinski definition) is 0. The van der Waals surface area contributed by atoms with E-state index in [2.05, 4.69) is 51.1 Å². The van der Waals surface area contributed by atoms with E-state index in [1.54, 1.807) is 5.57 Å². The molecule has 1 aromatic carbocycles. The zero-order valence-corrected chi connectivity index (χ0v) is 13.8. The van der Waals surface area contributed by atoms with Crippen LogP contribution in [0.5, 0.6) is 0 Å². The summed E-state index contributed by atoms with van der Waals surface area (Å²) in [7, 11) is 0. The smallest absolute Gasteiger partial charge is 0.0225 e. The highest BCUT2D eigenvalue weighted by Crippen LogP contribution is 2.21. The van der Waals surface area contributed by atoms with Gasteiger partial charge in [0.1, 0.15) is 0 Å². The van der Waals surface area contributed by atoms with E-state index in [9.17, 15) is 0 Å². The van der Waals surface area contributed by atoms with Gasteiger partial charge in [0, 0.05) is 0 Å². The Kier molecular flexibility index (Phi) is 9.11. The molecule has 0 unspecified atom stereocenters. The molecule has 0 atom stereocenters. The van der Waals surface area contributed by atoms with Gasteiger partial charge in [0.05, 0.1) is 0 Å². The second-order valence-corrected chi connectivity index (χ2v) is 5.81. The highest BCUT2D eigenvalue weighted by atomic mass is 14.1. The average molecular weight is 272 g/mol. The normalized spacial score (nSPS) is 10.6. The summed E-state index contributed by atoms with van der Waals surface area (Å²) in [6.07, 6.45) is 14.1. The minimum atomic E-state index is 1.22. The number of unbranched alkanes of at least 4 members (excludes halogenated alkanes) is 3. The molecule has 0 aromatic heterocycles. The van der Waals surface area contributed by atoms with Gasteiger partial charge in [-0.1, -0.05) is 75.9 Å². The molecule has 0 heteroatoms. The molecule has 0 saturated heterocycles. The largest absolute Gasteiger partial charge is 0.0696 e. The van der Waals surface area contributed by atoms with Crippen LogP contribution in [0.15, 0.2) is 29.8 Å². The number of aryl methyl sites for hydroxylation is 1. The molecular formula is C20H32. The maximum atomic E-state index is 2.48. The summed E-state index contributed by atoms with van der Waals surface area (Å²) in [4.78, 5) is 0. The Balaban J connectivity index is 2.84. The predicted molar refractivity (Wildman–Crippen MR) is 92.1 cm³/mol. The third-order valence-corrected chi connectivity index (χ3v) is 3.92. The second kappa shape index (κ2) is 10.7. The van der Waals surface area contributed by atoms with Crippen LogP contribution in [0.2, 0.25) is 0 Å². The van der Waals surface area contributed by atoms with Crippen molar-refractivity contribution in [3.05, 3.63) is 41.0 Å². The van der Waals surface area contributed by atoms with Crippen LogP contribution in [0.25, 0.3) is 6.08 Å². The fourth-order valence-corrected chi connectivity index (χ4v) is 2.57. The molecule has 0 nitrogen and oxygen atoms in total. The molecule has 0 fully saturated rings. The summed E-state index contributed by atoms with van der Waals surface area (Å²) in [6, 6.07) is 8.96. The maximum absolute atomic E-state index is 2.48. The summed E-state index contributed by atoms with van der Waals surface area (Å²) in [5, 5.41) is 0. The lowest BCUT2D eigenvalue weighted by molar-refractivity contribution is 0.717. The standard InChI is InChI=1S/C20H32/c1-4-7-12-18(13-8-5-2)17-20-16-11-10-15-19(20)14-9-6-3/h10-11,15-17H,4-9,12-14H2,1-3H3. The number of allylic oxidation sites excluding steroid dienone is 1. The monoisotopic (exact) mass is 272 g/mol. The van der Waals surface area contributed by atoms with Crippen LogP contribution >= 0.6 is 0 Å². The van der Waals surface area contributed by atoms with Gasteiger partial charge in [-0.25, -0.2) is 0 Å². The molecule has 0 saturated carbocycles. The quantitative estimate of drug-likeness (QED) is 0.439. The summed E-state index contributed by atoms with van der Waals surface area (Å²) in [6.45, 7) is 6.84. The van der Waals surface area contributed by atoms with Gasteiger partial charge in [0.25, 0.3) is 0 Å². The fourth-order valence-electron chi connectivity index (χ4n) is 2.57. The SMILES string of the molecule is CCCCC(=Cc1ccccc1CCCC)CCCC. The van der Waals surface area contributed by atoms with Crippen molar-refractivity contribution in [2.24, 2.45) is 0 Å². The van der Waals surface area contributed by atoms with E-state index in [4.69, 9.17) is 0 Å². The Morgan fingerprint density at radius 1 is 0.850 bits per heavy atom. The Morgan fingerprint density at radius 3 is 2.05 bits per heavy atom. The summed E-state index contributed by atoms with van der Waals surface area (Å²) < 4.78 is 0.